The van der Waals surface area contributed by atoms with E-state index in [1.165, 1.54) is 11.1 Å². The molecule has 0 saturated carbocycles. The molecule has 1 aromatic heterocycles. The van der Waals surface area contributed by atoms with Crippen molar-refractivity contribution < 1.29 is 4.74 Å². The molecule has 0 fully saturated rings. The molecule has 23 heavy (non-hydrogen) atoms. The van der Waals surface area contributed by atoms with Crippen LogP contribution < -0.4 is 15.0 Å². The first-order chi connectivity index (χ1) is 11.2. The zero-order chi connectivity index (χ0) is 16.2. The van der Waals surface area contributed by atoms with Crippen LogP contribution in [0.3, 0.4) is 0 Å². The predicted molar refractivity (Wildman–Crippen MR) is 92.0 cm³/mol. The third kappa shape index (κ3) is 3.62. The van der Waals surface area contributed by atoms with Crippen LogP contribution in [0.4, 0.5) is 5.95 Å². The second-order valence-electron chi connectivity index (χ2n) is 6.16. The zero-order valence-corrected chi connectivity index (χ0v) is 14.0. The number of rotatable bonds is 5. The number of hydrogen-bond donors (Lipinski definition) is 1. The summed E-state index contributed by atoms with van der Waals surface area (Å²) in [4.78, 5) is 10.7. The monoisotopic (exact) mass is 312 g/mol. The number of fused-ring (bicyclic) bond motifs is 1. The van der Waals surface area contributed by atoms with Crippen LogP contribution in [0.1, 0.15) is 23.2 Å². The van der Waals surface area contributed by atoms with E-state index in [4.69, 9.17) is 4.74 Å². The van der Waals surface area contributed by atoms with Crippen molar-refractivity contribution in [1.29, 1.82) is 0 Å². The standard InChI is InChI=1S/C18H24N4O/c1-22(2)18-19-10-9-15(21-18)12-20-14-7-8-16-13(11-14)5-4-6-17(16)23-3/h4-6,9-10,14,20H,7-8,11-12H2,1-3H3/t14-/m0/s1. The molecule has 1 aromatic carbocycles. The Morgan fingerprint density at radius 2 is 2.17 bits per heavy atom. The van der Waals surface area contributed by atoms with Gasteiger partial charge in [0.15, 0.2) is 0 Å². The average Bonchev–Trinajstić information content (AvgIpc) is 2.59. The smallest absolute Gasteiger partial charge is 0.225 e. The molecule has 1 aliphatic carbocycles. The zero-order valence-electron chi connectivity index (χ0n) is 14.0. The van der Waals surface area contributed by atoms with Gasteiger partial charge in [-0.3, -0.25) is 0 Å². The van der Waals surface area contributed by atoms with Crippen LogP contribution in [0.15, 0.2) is 30.5 Å². The number of ether oxygens (including phenoxy) is 1. The third-order valence-electron chi connectivity index (χ3n) is 4.33. The lowest BCUT2D eigenvalue weighted by atomic mass is 9.87. The molecule has 1 heterocycles. The fourth-order valence-electron chi connectivity index (χ4n) is 3.09. The van der Waals surface area contributed by atoms with Crippen molar-refractivity contribution in [2.24, 2.45) is 0 Å². The van der Waals surface area contributed by atoms with Crippen LogP contribution >= 0.6 is 0 Å². The molecule has 0 amide bonds. The molecule has 0 bridgehead atoms. The van der Waals surface area contributed by atoms with Gasteiger partial charge in [-0.25, -0.2) is 9.97 Å². The normalized spacial score (nSPS) is 16.7. The lowest BCUT2D eigenvalue weighted by Crippen LogP contribution is -2.34. The lowest BCUT2D eigenvalue weighted by molar-refractivity contribution is 0.396. The van der Waals surface area contributed by atoms with Crippen molar-refractivity contribution in [1.82, 2.24) is 15.3 Å². The predicted octanol–water partition coefficient (Wildman–Crippen LogP) is 2.20. The first kappa shape index (κ1) is 15.7. The maximum Gasteiger partial charge on any atom is 0.225 e. The maximum absolute atomic E-state index is 5.47. The number of nitrogens with zero attached hydrogens (tertiary/aromatic N) is 3. The SMILES string of the molecule is COc1cccc2c1CC[C@H](NCc1ccnc(N(C)C)n1)C2. The van der Waals surface area contributed by atoms with Gasteiger partial charge in [-0.1, -0.05) is 12.1 Å². The fourth-order valence-corrected chi connectivity index (χ4v) is 3.09. The molecule has 1 atom stereocenters. The summed E-state index contributed by atoms with van der Waals surface area (Å²) in [6.45, 7) is 0.771. The Kier molecular flexibility index (Phi) is 4.76. The van der Waals surface area contributed by atoms with Crippen molar-refractivity contribution in [2.45, 2.75) is 31.8 Å². The van der Waals surface area contributed by atoms with E-state index in [0.29, 0.717) is 6.04 Å². The molecule has 3 rings (SSSR count). The highest BCUT2D eigenvalue weighted by atomic mass is 16.5. The average molecular weight is 312 g/mol. The first-order valence-corrected chi connectivity index (χ1v) is 8.04. The Hall–Kier alpha value is -2.14. The van der Waals surface area contributed by atoms with E-state index in [2.05, 4.69) is 33.5 Å². The van der Waals surface area contributed by atoms with Crippen molar-refractivity contribution in [3.8, 4) is 5.75 Å². The van der Waals surface area contributed by atoms with E-state index in [9.17, 15) is 0 Å². The van der Waals surface area contributed by atoms with Gasteiger partial charge in [0.2, 0.25) is 5.95 Å². The van der Waals surface area contributed by atoms with E-state index < -0.39 is 0 Å². The van der Waals surface area contributed by atoms with Gasteiger partial charge in [0, 0.05) is 32.9 Å². The fraction of sp³-hybridized carbons (Fsp3) is 0.444. The number of anilines is 1. The second-order valence-corrected chi connectivity index (χ2v) is 6.16. The Labute approximate surface area is 137 Å². The Bertz CT molecular complexity index is 672. The molecule has 5 nitrogen and oxygen atoms in total. The number of methoxy groups -OCH3 is 1. The topological polar surface area (TPSA) is 50.3 Å². The van der Waals surface area contributed by atoms with Gasteiger partial charge in [0.05, 0.1) is 12.8 Å². The van der Waals surface area contributed by atoms with E-state index in [1.807, 2.05) is 31.3 Å². The lowest BCUT2D eigenvalue weighted by Gasteiger charge is -2.26. The summed E-state index contributed by atoms with van der Waals surface area (Å²) in [6, 6.07) is 8.79. The largest absolute Gasteiger partial charge is 0.496 e. The van der Waals surface area contributed by atoms with Crippen LogP contribution in [0.2, 0.25) is 0 Å². The molecular formula is C18H24N4O. The summed E-state index contributed by atoms with van der Waals surface area (Å²) in [5, 5.41) is 3.63. The van der Waals surface area contributed by atoms with Gasteiger partial charge >= 0.3 is 0 Å². The molecule has 1 N–H and O–H groups in total. The maximum atomic E-state index is 5.47. The minimum atomic E-state index is 0.479. The summed E-state index contributed by atoms with van der Waals surface area (Å²) in [7, 11) is 5.66. The first-order valence-electron chi connectivity index (χ1n) is 8.04. The van der Waals surface area contributed by atoms with Crippen LogP contribution in [-0.2, 0) is 19.4 Å². The number of nitrogens with one attached hydrogen (secondary N) is 1. The summed E-state index contributed by atoms with van der Waals surface area (Å²) < 4.78 is 5.47. The third-order valence-corrected chi connectivity index (χ3v) is 4.33. The Balaban J connectivity index is 1.63. The van der Waals surface area contributed by atoms with Crippen molar-refractivity contribution >= 4 is 5.95 Å². The van der Waals surface area contributed by atoms with Crippen LogP contribution in [-0.4, -0.2) is 37.2 Å². The number of hydrogen-bond acceptors (Lipinski definition) is 5. The molecular weight excluding hydrogens is 288 g/mol. The highest BCUT2D eigenvalue weighted by Gasteiger charge is 2.20. The molecule has 0 spiro atoms. The highest BCUT2D eigenvalue weighted by Crippen LogP contribution is 2.29. The van der Waals surface area contributed by atoms with Gasteiger partial charge in [-0.05, 0) is 42.5 Å². The molecule has 5 heteroatoms. The van der Waals surface area contributed by atoms with Crippen LogP contribution in [0.25, 0.3) is 0 Å². The highest BCUT2D eigenvalue weighted by molar-refractivity contribution is 5.42. The molecule has 0 unspecified atom stereocenters. The molecule has 0 aliphatic heterocycles. The van der Waals surface area contributed by atoms with Crippen LogP contribution in [0.5, 0.6) is 5.75 Å². The quantitative estimate of drug-likeness (QED) is 0.917. The van der Waals surface area contributed by atoms with Crippen molar-refractivity contribution in [2.75, 3.05) is 26.1 Å². The summed E-state index contributed by atoms with van der Waals surface area (Å²) in [5.41, 5.74) is 3.79. The summed E-state index contributed by atoms with van der Waals surface area (Å²) in [6.07, 6.45) is 5.04. The van der Waals surface area contributed by atoms with Gasteiger partial charge in [-0.15, -0.1) is 0 Å². The van der Waals surface area contributed by atoms with E-state index in [1.54, 1.807) is 7.11 Å². The summed E-state index contributed by atoms with van der Waals surface area (Å²) >= 11 is 0. The molecule has 0 saturated heterocycles. The van der Waals surface area contributed by atoms with Crippen LogP contribution in [0, 0.1) is 0 Å². The Morgan fingerprint density at radius 3 is 2.96 bits per heavy atom. The molecule has 1 aliphatic rings. The van der Waals surface area contributed by atoms with Crippen molar-refractivity contribution in [3.05, 3.63) is 47.3 Å². The van der Waals surface area contributed by atoms with Gasteiger partial charge in [0.25, 0.3) is 0 Å². The van der Waals surface area contributed by atoms with E-state index >= 15 is 0 Å². The van der Waals surface area contributed by atoms with Gasteiger partial charge in [-0.2, -0.15) is 0 Å². The van der Waals surface area contributed by atoms with Gasteiger partial charge < -0.3 is 15.0 Å². The van der Waals surface area contributed by atoms with Gasteiger partial charge in [0.1, 0.15) is 5.75 Å². The molecule has 0 radical (unpaired) electrons. The molecule has 2 aromatic rings. The number of aromatic nitrogens is 2. The van der Waals surface area contributed by atoms with E-state index in [-0.39, 0.29) is 0 Å². The number of benzene rings is 1. The molecule has 122 valence electrons. The van der Waals surface area contributed by atoms with E-state index in [0.717, 1.165) is 43.2 Å². The minimum Gasteiger partial charge on any atom is -0.496 e. The Morgan fingerprint density at radius 1 is 1.30 bits per heavy atom. The van der Waals surface area contributed by atoms with Crippen molar-refractivity contribution in [3.63, 3.8) is 0 Å². The summed E-state index contributed by atoms with van der Waals surface area (Å²) in [5.74, 6) is 1.77. The minimum absolute atomic E-state index is 0.479. The second kappa shape index (κ2) is 6.96.